The standard InChI is InChI=1S/C17H20ClNO3/c1-17(2,10-12-5-3-6-13(18)9-12)16(21)19-11-14(20)15-7-4-8-22-15/h3-9,14,20H,10-11H2,1-2H3,(H,19,21)/t14-/m1/s1. The first kappa shape index (κ1) is 16.6. The smallest absolute Gasteiger partial charge is 0.226 e. The van der Waals surface area contributed by atoms with E-state index >= 15 is 0 Å². The van der Waals surface area contributed by atoms with Crippen LogP contribution in [0.2, 0.25) is 5.02 Å². The van der Waals surface area contributed by atoms with Gasteiger partial charge in [-0.1, -0.05) is 37.6 Å². The molecule has 0 radical (unpaired) electrons. The molecule has 1 amide bonds. The third kappa shape index (κ3) is 4.36. The van der Waals surface area contributed by atoms with Crippen LogP contribution in [-0.4, -0.2) is 17.6 Å². The third-order valence-electron chi connectivity index (χ3n) is 3.48. The van der Waals surface area contributed by atoms with E-state index in [2.05, 4.69) is 5.32 Å². The summed E-state index contributed by atoms with van der Waals surface area (Å²) >= 11 is 5.97. The van der Waals surface area contributed by atoms with Crippen LogP contribution < -0.4 is 5.32 Å². The molecule has 0 saturated heterocycles. The van der Waals surface area contributed by atoms with E-state index in [-0.39, 0.29) is 12.5 Å². The molecule has 2 rings (SSSR count). The minimum atomic E-state index is -0.846. The zero-order chi connectivity index (χ0) is 16.2. The molecule has 4 nitrogen and oxygen atoms in total. The Kier molecular flexibility index (Phi) is 5.27. The first-order chi connectivity index (χ1) is 10.4. The Morgan fingerprint density at radius 2 is 2.14 bits per heavy atom. The summed E-state index contributed by atoms with van der Waals surface area (Å²) in [6.07, 6.45) is 1.21. The molecule has 0 saturated carbocycles. The Morgan fingerprint density at radius 1 is 1.36 bits per heavy atom. The van der Waals surface area contributed by atoms with Gasteiger partial charge in [-0.05, 0) is 36.2 Å². The summed E-state index contributed by atoms with van der Waals surface area (Å²) in [6, 6.07) is 10.8. The molecule has 22 heavy (non-hydrogen) atoms. The summed E-state index contributed by atoms with van der Waals surface area (Å²) < 4.78 is 5.11. The molecule has 1 aromatic carbocycles. The van der Waals surface area contributed by atoms with E-state index in [9.17, 15) is 9.90 Å². The number of halogens is 1. The van der Waals surface area contributed by atoms with Crippen LogP contribution in [-0.2, 0) is 11.2 Å². The highest BCUT2D eigenvalue weighted by molar-refractivity contribution is 6.30. The van der Waals surface area contributed by atoms with Gasteiger partial charge >= 0.3 is 0 Å². The van der Waals surface area contributed by atoms with Gasteiger partial charge in [0.1, 0.15) is 11.9 Å². The summed E-state index contributed by atoms with van der Waals surface area (Å²) in [4.78, 5) is 12.3. The zero-order valence-corrected chi connectivity index (χ0v) is 13.4. The Hall–Kier alpha value is -1.78. The van der Waals surface area contributed by atoms with Gasteiger partial charge in [-0.2, -0.15) is 0 Å². The zero-order valence-electron chi connectivity index (χ0n) is 12.7. The highest BCUT2D eigenvalue weighted by Crippen LogP contribution is 2.24. The second-order valence-electron chi connectivity index (χ2n) is 5.93. The summed E-state index contributed by atoms with van der Waals surface area (Å²) in [7, 11) is 0. The predicted molar refractivity (Wildman–Crippen MR) is 85.6 cm³/mol. The van der Waals surface area contributed by atoms with E-state index < -0.39 is 11.5 Å². The molecular formula is C17H20ClNO3. The molecule has 0 fully saturated rings. The molecule has 0 bridgehead atoms. The van der Waals surface area contributed by atoms with E-state index in [0.29, 0.717) is 17.2 Å². The van der Waals surface area contributed by atoms with Gasteiger partial charge in [-0.3, -0.25) is 4.79 Å². The summed E-state index contributed by atoms with van der Waals surface area (Å²) in [5.41, 5.74) is 0.396. The molecule has 2 N–H and O–H groups in total. The second-order valence-corrected chi connectivity index (χ2v) is 6.37. The molecule has 1 atom stereocenters. The van der Waals surface area contributed by atoms with Gasteiger partial charge in [-0.15, -0.1) is 0 Å². The van der Waals surface area contributed by atoms with Crippen LogP contribution in [0.25, 0.3) is 0 Å². The predicted octanol–water partition coefficient (Wildman–Crippen LogP) is 3.35. The van der Waals surface area contributed by atoms with Crippen LogP contribution in [0.1, 0.15) is 31.3 Å². The second kappa shape index (κ2) is 6.99. The van der Waals surface area contributed by atoms with Crippen molar-refractivity contribution in [2.45, 2.75) is 26.4 Å². The number of amides is 1. The van der Waals surface area contributed by atoms with Crippen molar-refractivity contribution >= 4 is 17.5 Å². The summed E-state index contributed by atoms with van der Waals surface area (Å²) in [5.74, 6) is 0.311. The fraction of sp³-hybridized carbons (Fsp3) is 0.353. The van der Waals surface area contributed by atoms with E-state index in [1.54, 1.807) is 18.2 Å². The van der Waals surface area contributed by atoms with Gasteiger partial charge in [0.2, 0.25) is 5.91 Å². The molecule has 1 aromatic heterocycles. The Bertz CT molecular complexity index is 623. The molecule has 1 heterocycles. The first-order valence-corrected chi connectivity index (χ1v) is 7.50. The molecule has 2 aromatic rings. The van der Waals surface area contributed by atoms with Crippen molar-refractivity contribution in [1.29, 1.82) is 0 Å². The quantitative estimate of drug-likeness (QED) is 0.857. The monoisotopic (exact) mass is 321 g/mol. The van der Waals surface area contributed by atoms with Gasteiger partial charge < -0.3 is 14.8 Å². The number of carbonyl (C=O) groups excluding carboxylic acids is 1. The maximum Gasteiger partial charge on any atom is 0.226 e. The number of aliphatic hydroxyl groups is 1. The highest BCUT2D eigenvalue weighted by atomic mass is 35.5. The van der Waals surface area contributed by atoms with Crippen LogP contribution in [0.5, 0.6) is 0 Å². The SMILES string of the molecule is CC(C)(Cc1cccc(Cl)c1)C(=O)NC[C@@H](O)c1ccco1. The molecule has 0 aliphatic carbocycles. The summed E-state index contributed by atoms with van der Waals surface area (Å²) in [6.45, 7) is 3.84. The average Bonchev–Trinajstić information content (AvgIpc) is 2.98. The Balaban J connectivity index is 1.92. The van der Waals surface area contributed by atoms with Crippen LogP contribution in [0.15, 0.2) is 47.1 Å². The van der Waals surface area contributed by atoms with Crippen LogP contribution >= 0.6 is 11.6 Å². The lowest BCUT2D eigenvalue weighted by molar-refractivity contribution is -0.129. The van der Waals surface area contributed by atoms with Crippen molar-refractivity contribution in [2.24, 2.45) is 5.41 Å². The van der Waals surface area contributed by atoms with Crippen molar-refractivity contribution in [3.05, 3.63) is 59.0 Å². The number of nitrogens with one attached hydrogen (secondary N) is 1. The molecule has 0 aliphatic heterocycles. The maximum atomic E-state index is 12.3. The average molecular weight is 322 g/mol. The van der Waals surface area contributed by atoms with Gasteiger partial charge in [-0.25, -0.2) is 0 Å². The lowest BCUT2D eigenvalue weighted by Gasteiger charge is -2.24. The van der Waals surface area contributed by atoms with Crippen molar-refractivity contribution in [1.82, 2.24) is 5.32 Å². The number of hydrogen-bond acceptors (Lipinski definition) is 3. The first-order valence-electron chi connectivity index (χ1n) is 7.13. The van der Waals surface area contributed by atoms with Crippen molar-refractivity contribution < 1.29 is 14.3 Å². The number of hydrogen-bond donors (Lipinski definition) is 2. The molecular weight excluding hydrogens is 302 g/mol. The maximum absolute atomic E-state index is 12.3. The fourth-order valence-electron chi connectivity index (χ4n) is 2.25. The van der Waals surface area contributed by atoms with Crippen molar-refractivity contribution in [3.8, 4) is 0 Å². The number of aliphatic hydroxyl groups excluding tert-OH is 1. The molecule has 0 aliphatic rings. The number of rotatable bonds is 6. The number of carbonyl (C=O) groups is 1. The summed E-state index contributed by atoms with van der Waals surface area (Å²) in [5, 5.41) is 13.3. The normalized spacial score (nSPS) is 12.9. The lowest BCUT2D eigenvalue weighted by atomic mass is 9.85. The molecule has 0 unspecified atom stereocenters. The van der Waals surface area contributed by atoms with Crippen LogP contribution in [0, 0.1) is 5.41 Å². The topological polar surface area (TPSA) is 62.5 Å². The van der Waals surface area contributed by atoms with Crippen LogP contribution in [0.3, 0.4) is 0 Å². The Labute approximate surface area is 135 Å². The lowest BCUT2D eigenvalue weighted by Crippen LogP contribution is -2.40. The molecule has 5 heteroatoms. The third-order valence-corrected chi connectivity index (χ3v) is 3.71. The minimum Gasteiger partial charge on any atom is -0.467 e. The minimum absolute atomic E-state index is 0.116. The van der Waals surface area contributed by atoms with E-state index in [1.165, 1.54) is 6.26 Å². The van der Waals surface area contributed by atoms with Gasteiger partial charge in [0.25, 0.3) is 0 Å². The molecule has 118 valence electrons. The highest BCUT2D eigenvalue weighted by Gasteiger charge is 2.28. The van der Waals surface area contributed by atoms with E-state index in [1.807, 2.05) is 32.0 Å². The molecule has 0 spiro atoms. The van der Waals surface area contributed by atoms with Gasteiger partial charge in [0, 0.05) is 10.4 Å². The van der Waals surface area contributed by atoms with Crippen LogP contribution in [0.4, 0.5) is 0 Å². The van der Waals surface area contributed by atoms with Gasteiger partial charge in [0.05, 0.1) is 12.8 Å². The van der Waals surface area contributed by atoms with Gasteiger partial charge in [0.15, 0.2) is 0 Å². The van der Waals surface area contributed by atoms with E-state index in [4.69, 9.17) is 16.0 Å². The number of furan rings is 1. The largest absolute Gasteiger partial charge is 0.467 e. The van der Waals surface area contributed by atoms with Crippen molar-refractivity contribution in [2.75, 3.05) is 6.54 Å². The Morgan fingerprint density at radius 3 is 2.77 bits per heavy atom. The van der Waals surface area contributed by atoms with E-state index in [0.717, 1.165) is 5.56 Å². The number of benzene rings is 1. The van der Waals surface area contributed by atoms with Crippen molar-refractivity contribution in [3.63, 3.8) is 0 Å². The fourth-order valence-corrected chi connectivity index (χ4v) is 2.46.